The Morgan fingerprint density at radius 2 is 1.94 bits per heavy atom. The quantitative estimate of drug-likeness (QED) is 0.643. The van der Waals surface area contributed by atoms with Crippen molar-refractivity contribution in [2.45, 2.75) is 25.7 Å². The van der Waals surface area contributed by atoms with Gasteiger partial charge in [-0.05, 0) is 37.6 Å². The van der Waals surface area contributed by atoms with Crippen LogP contribution in [0, 0.1) is 0 Å². The van der Waals surface area contributed by atoms with Crippen molar-refractivity contribution in [1.82, 2.24) is 5.32 Å². The second kappa shape index (κ2) is 10.2. The predicted molar refractivity (Wildman–Crippen MR) is 75.4 cm³/mol. The third-order valence-electron chi connectivity index (χ3n) is 2.60. The zero-order valence-electron chi connectivity index (χ0n) is 10.7. The summed E-state index contributed by atoms with van der Waals surface area (Å²) >= 11 is 5.86. The minimum absolute atomic E-state index is 0.216. The maximum Gasteiger partial charge on any atom is 0.120 e. The molecule has 1 aromatic carbocycles. The average Bonchev–Trinajstić information content (AvgIpc) is 2.37. The van der Waals surface area contributed by atoms with E-state index in [2.05, 4.69) is 5.32 Å². The molecule has 0 aliphatic carbocycles. The number of ether oxygens (including phenoxy) is 1. The topological polar surface area (TPSA) is 41.5 Å². The fourth-order valence-electron chi connectivity index (χ4n) is 1.66. The number of nitrogens with one attached hydrogen (secondary N) is 1. The molecule has 0 radical (unpaired) electrons. The van der Waals surface area contributed by atoms with Crippen LogP contribution in [-0.4, -0.2) is 31.4 Å². The van der Waals surface area contributed by atoms with Gasteiger partial charge in [-0.3, -0.25) is 0 Å². The molecular formula is C14H22ClNO2. The summed E-state index contributed by atoms with van der Waals surface area (Å²) in [4.78, 5) is 0. The first-order chi connectivity index (χ1) is 8.83. The molecule has 102 valence electrons. The Balaban J connectivity index is 1.92. The summed E-state index contributed by atoms with van der Waals surface area (Å²) in [7, 11) is 0. The lowest BCUT2D eigenvalue weighted by Crippen LogP contribution is -2.19. The van der Waals surface area contributed by atoms with Gasteiger partial charge in [-0.15, -0.1) is 0 Å². The predicted octanol–water partition coefficient (Wildman–Crippen LogP) is 2.86. The molecule has 0 atom stereocenters. The molecule has 0 aliphatic heterocycles. The van der Waals surface area contributed by atoms with E-state index in [-0.39, 0.29) is 6.61 Å². The largest absolute Gasteiger partial charge is 0.494 e. The lowest BCUT2D eigenvalue weighted by molar-refractivity contribution is 0.290. The van der Waals surface area contributed by atoms with E-state index in [0.29, 0.717) is 11.6 Å². The molecular weight excluding hydrogens is 250 g/mol. The smallest absolute Gasteiger partial charge is 0.120 e. The fourth-order valence-corrected chi connectivity index (χ4v) is 1.84. The van der Waals surface area contributed by atoms with E-state index in [9.17, 15) is 0 Å². The normalized spacial score (nSPS) is 10.6. The number of rotatable bonds is 10. The van der Waals surface area contributed by atoms with Gasteiger partial charge >= 0.3 is 0 Å². The zero-order valence-corrected chi connectivity index (χ0v) is 11.5. The van der Waals surface area contributed by atoms with E-state index in [1.807, 2.05) is 24.3 Å². The summed E-state index contributed by atoms with van der Waals surface area (Å²) in [5, 5.41) is 12.5. The van der Waals surface area contributed by atoms with Crippen LogP contribution in [0.1, 0.15) is 25.7 Å². The molecule has 0 saturated heterocycles. The number of unbranched alkanes of at least 4 members (excludes halogenated alkanes) is 3. The van der Waals surface area contributed by atoms with E-state index < -0.39 is 0 Å². The Hall–Kier alpha value is -0.770. The van der Waals surface area contributed by atoms with Crippen molar-refractivity contribution in [1.29, 1.82) is 0 Å². The van der Waals surface area contributed by atoms with Gasteiger partial charge in [0.1, 0.15) is 5.75 Å². The van der Waals surface area contributed by atoms with E-state index in [1.165, 1.54) is 12.8 Å². The second-order valence-electron chi connectivity index (χ2n) is 4.19. The van der Waals surface area contributed by atoms with Gasteiger partial charge in [0.25, 0.3) is 0 Å². The standard InChI is InChI=1S/C14H22ClNO2/c15-13-6-5-7-14(12-13)18-11-4-2-1-3-8-16-9-10-17/h5-7,12,16-17H,1-4,8-11H2. The van der Waals surface area contributed by atoms with Crippen molar-refractivity contribution in [2.75, 3.05) is 26.3 Å². The molecule has 0 fully saturated rings. The molecule has 1 rings (SSSR count). The van der Waals surface area contributed by atoms with E-state index in [4.69, 9.17) is 21.4 Å². The number of aliphatic hydroxyl groups excluding tert-OH is 1. The first-order valence-corrected chi connectivity index (χ1v) is 6.90. The third-order valence-corrected chi connectivity index (χ3v) is 2.84. The molecule has 1 aromatic rings. The minimum Gasteiger partial charge on any atom is -0.494 e. The highest BCUT2D eigenvalue weighted by Gasteiger charge is 1.95. The van der Waals surface area contributed by atoms with Crippen LogP contribution in [0.25, 0.3) is 0 Å². The monoisotopic (exact) mass is 271 g/mol. The van der Waals surface area contributed by atoms with Crippen LogP contribution in [0.4, 0.5) is 0 Å². The lowest BCUT2D eigenvalue weighted by Gasteiger charge is -2.06. The SMILES string of the molecule is OCCNCCCCCCOc1cccc(Cl)c1. The van der Waals surface area contributed by atoms with Gasteiger partial charge in [-0.25, -0.2) is 0 Å². The Labute approximate surface area is 114 Å². The van der Waals surface area contributed by atoms with Crippen molar-refractivity contribution in [3.05, 3.63) is 29.3 Å². The summed E-state index contributed by atoms with van der Waals surface area (Å²) in [5.74, 6) is 0.840. The third kappa shape index (κ3) is 7.54. The van der Waals surface area contributed by atoms with Crippen molar-refractivity contribution >= 4 is 11.6 Å². The van der Waals surface area contributed by atoms with Gasteiger partial charge in [0.2, 0.25) is 0 Å². The minimum atomic E-state index is 0.216. The van der Waals surface area contributed by atoms with Gasteiger partial charge in [0.15, 0.2) is 0 Å². The Morgan fingerprint density at radius 3 is 2.72 bits per heavy atom. The number of hydrogen-bond donors (Lipinski definition) is 2. The average molecular weight is 272 g/mol. The van der Waals surface area contributed by atoms with Gasteiger partial charge in [0, 0.05) is 11.6 Å². The first-order valence-electron chi connectivity index (χ1n) is 6.53. The summed E-state index contributed by atoms with van der Waals surface area (Å²) in [6.45, 7) is 2.63. The van der Waals surface area contributed by atoms with E-state index in [1.54, 1.807) is 0 Å². The Kier molecular flexibility index (Phi) is 8.65. The molecule has 0 bridgehead atoms. The van der Waals surface area contributed by atoms with Crippen LogP contribution in [0.3, 0.4) is 0 Å². The van der Waals surface area contributed by atoms with Crippen molar-refractivity contribution in [2.24, 2.45) is 0 Å². The second-order valence-corrected chi connectivity index (χ2v) is 4.63. The van der Waals surface area contributed by atoms with Crippen LogP contribution in [-0.2, 0) is 0 Å². The van der Waals surface area contributed by atoms with Gasteiger partial charge in [0.05, 0.1) is 13.2 Å². The van der Waals surface area contributed by atoms with Crippen LogP contribution < -0.4 is 10.1 Å². The number of hydrogen-bond acceptors (Lipinski definition) is 3. The molecule has 2 N–H and O–H groups in total. The van der Waals surface area contributed by atoms with Gasteiger partial charge in [-0.2, -0.15) is 0 Å². The zero-order chi connectivity index (χ0) is 13.1. The molecule has 0 saturated carbocycles. The van der Waals surface area contributed by atoms with Crippen LogP contribution >= 0.6 is 11.6 Å². The molecule has 0 aliphatic rings. The molecule has 18 heavy (non-hydrogen) atoms. The number of benzene rings is 1. The van der Waals surface area contributed by atoms with Crippen LogP contribution in [0.15, 0.2) is 24.3 Å². The molecule has 0 spiro atoms. The summed E-state index contributed by atoms with van der Waals surface area (Å²) in [6, 6.07) is 7.49. The van der Waals surface area contributed by atoms with Gasteiger partial charge < -0.3 is 15.2 Å². The summed E-state index contributed by atoms with van der Waals surface area (Å²) in [5.41, 5.74) is 0. The van der Waals surface area contributed by atoms with Crippen molar-refractivity contribution < 1.29 is 9.84 Å². The lowest BCUT2D eigenvalue weighted by atomic mass is 10.2. The highest BCUT2D eigenvalue weighted by molar-refractivity contribution is 6.30. The summed E-state index contributed by atoms with van der Waals surface area (Å²) < 4.78 is 5.60. The fraction of sp³-hybridized carbons (Fsp3) is 0.571. The van der Waals surface area contributed by atoms with Gasteiger partial charge in [-0.1, -0.05) is 30.5 Å². The number of aliphatic hydroxyl groups is 1. The van der Waals surface area contributed by atoms with Crippen molar-refractivity contribution in [3.8, 4) is 5.75 Å². The molecule has 0 unspecified atom stereocenters. The van der Waals surface area contributed by atoms with E-state index >= 15 is 0 Å². The Bertz CT molecular complexity index is 320. The van der Waals surface area contributed by atoms with Crippen molar-refractivity contribution in [3.63, 3.8) is 0 Å². The molecule has 4 heteroatoms. The molecule has 0 heterocycles. The molecule has 0 aromatic heterocycles. The Morgan fingerprint density at radius 1 is 1.11 bits per heavy atom. The van der Waals surface area contributed by atoms with E-state index in [0.717, 1.165) is 31.7 Å². The first kappa shape index (κ1) is 15.3. The maximum atomic E-state index is 8.58. The highest BCUT2D eigenvalue weighted by Crippen LogP contribution is 2.17. The number of halogens is 1. The van der Waals surface area contributed by atoms with Crippen LogP contribution in [0.2, 0.25) is 5.02 Å². The summed E-state index contributed by atoms with van der Waals surface area (Å²) in [6.07, 6.45) is 4.57. The van der Waals surface area contributed by atoms with Crippen LogP contribution in [0.5, 0.6) is 5.75 Å². The molecule has 3 nitrogen and oxygen atoms in total. The maximum absolute atomic E-state index is 8.58. The molecule has 0 amide bonds. The highest BCUT2D eigenvalue weighted by atomic mass is 35.5.